The number of hydrogen-bond acceptors (Lipinski definition) is 3. The topological polar surface area (TPSA) is 60.1 Å². The maximum absolute atomic E-state index is 12.4. The highest BCUT2D eigenvalue weighted by Gasteiger charge is 2.09. The van der Waals surface area contributed by atoms with E-state index in [1.807, 2.05) is 60.2 Å². The molecule has 0 aliphatic rings. The van der Waals surface area contributed by atoms with Crippen molar-refractivity contribution in [1.82, 2.24) is 9.55 Å². The number of fused-ring (bicyclic) bond motifs is 2. The van der Waals surface area contributed by atoms with E-state index in [0.717, 1.165) is 28.4 Å². The number of aromatic nitrogens is 2. The minimum absolute atomic E-state index is 0.115. The maximum atomic E-state index is 12.4. The molecule has 2 aromatic heterocycles. The first-order valence-electron chi connectivity index (χ1n) is 8.06. The predicted molar refractivity (Wildman–Crippen MR) is 99.0 cm³/mol. The van der Waals surface area contributed by atoms with E-state index in [2.05, 4.69) is 10.3 Å². The highest BCUT2D eigenvalue weighted by molar-refractivity contribution is 6.31. The van der Waals surface area contributed by atoms with Crippen molar-refractivity contribution in [3.63, 3.8) is 0 Å². The van der Waals surface area contributed by atoms with Crippen molar-refractivity contribution in [3.8, 4) is 0 Å². The van der Waals surface area contributed by atoms with Crippen molar-refractivity contribution in [3.05, 3.63) is 59.6 Å². The molecule has 2 heterocycles. The highest BCUT2D eigenvalue weighted by atomic mass is 35.5. The van der Waals surface area contributed by atoms with Crippen LogP contribution in [0, 0.1) is 0 Å². The zero-order valence-electron chi connectivity index (χ0n) is 13.6. The third-order valence-electron chi connectivity index (χ3n) is 4.07. The molecule has 1 N–H and O–H groups in total. The number of hydrogen-bond donors (Lipinski definition) is 1. The zero-order valence-corrected chi connectivity index (χ0v) is 14.4. The minimum Gasteiger partial charge on any atom is -0.441 e. The van der Waals surface area contributed by atoms with Gasteiger partial charge >= 0.3 is 0 Å². The lowest BCUT2D eigenvalue weighted by Gasteiger charge is -2.07. The molecule has 0 spiro atoms. The SMILES string of the molecule is CCc1nc2cc(NC(=O)Cn3ccc4ccc(Cl)cc43)ccc2o1. The van der Waals surface area contributed by atoms with Gasteiger partial charge in [-0.25, -0.2) is 4.98 Å². The van der Waals surface area contributed by atoms with Gasteiger partial charge in [-0.3, -0.25) is 4.79 Å². The largest absolute Gasteiger partial charge is 0.441 e. The third-order valence-corrected chi connectivity index (χ3v) is 4.30. The van der Waals surface area contributed by atoms with E-state index < -0.39 is 0 Å². The summed E-state index contributed by atoms with van der Waals surface area (Å²) in [6.45, 7) is 2.20. The number of benzene rings is 2. The van der Waals surface area contributed by atoms with Crippen molar-refractivity contribution in [2.75, 3.05) is 5.32 Å². The van der Waals surface area contributed by atoms with Gasteiger partial charge in [0.25, 0.3) is 0 Å². The third kappa shape index (κ3) is 3.10. The van der Waals surface area contributed by atoms with Crippen LogP contribution in [0.5, 0.6) is 0 Å². The summed E-state index contributed by atoms with van der Waals surface area (Å²) < 4.78 is 7.46. The molecule has 25 heavy (non-hydrogen) atoms. The lowest BCUT2D eigenvalue weighted by atomic mass is 10.2. The van der Waals surface area contributed by atoms with Gasteiger partial charge < -0.3 is 14.3 Å². The van der Waals surface area contributed by atoms with Gasteiger partial charge in [0.15, 0.2) is 11.5 Å². The normalized spacial score (nSPS) is 11.3. The van der Waals surface area contributed by atoms with Crippen molar-refractivity contribution >= 4 is 45.2 Å². The molecule has 0 aliphatic carbocycles. The number of aryl methyl sites for hydroxylation is 1. The van der Waals surface area contributed by atoms with E-state index in [-0.39, 0.29) is 12.5 Å². The summed E-state index contributed by atoms with van der Waals surface area (Å²) in [6.07, 6.45) is 2.62. The Morgan fingerprint density at radius 1 is 1.24 bits per heavy atom. The first-order valence-corrected chi connectivity index (χ1v) is 8.44. The fourth-order valence-electron chi connectivity index (χ4n) is 2.85. The number of oxazole rings is 1. The number of rotatable bonds is 4. The summed E-state index contributed by atoms with van der Waals surface area (Å²) in [5.74, 6) is 0.574. The van der Waals surface area contributed by atoms with Crippen molar-refractivity contribution in [1.29, 1.82) is 0 Å². The molecule has 4 rings (SSSR count). The molecule has 0 fully saturated rings. The summed E-state index contributed by atoms with van der Waals surface area (Å²) in [6, 6.07) is 13.1. The van der Waals surface area contributed by atoms with E-state index in [9.17, 15) is 4.79 Å². The quantitative estimate of drug-likeness (QED) is 0.581. The van der Waals surface area contributed by atoms with E-state index in [1.54, 1.807) is 0 Å². The molecule has 0 unspecified atom stereocenters. The summed E-state index contributed by atoms with van der Waals surface area (Å²) in [5, 5.41) is 4.60. The van der Waals surface area contributed by atoms with E-state index in [1.165, 1.54) is 0 Å². The fraction of sp³-hybridized carbons (Fsp3) is 0.158. The Kier molecular flexibility index (Phi) is 3.93. The number of halogens is 1. The van der Waals surface area contributed by atoms with E-state index in [0.29, 0.717) is 16.6 Å². The Hall–Kier alpha value is -2.79. The predicted octanol–water partition coefficient (Wildman–Crippen LogP) is 4.64. The molecule has 0 bridgehead atoms. The average Bonchev–Trinajstić information content (AvgIpc) is 3.18. The summed E-state index contributed by atoms with van der Waals surface area (Å²) in [5.41, 5.74) is 3.10. The zero-order chi connectivity index (χ0) is 17.4. The number of carbonyl (C=O) groups excluding carboxylic acids is 1. The summed E-state index contributed by atoms with van der Waals surface area (Å²) >= 11 is 6.05. The molecule has 0 aliphatic heterocycles. The highest BCUT2D eigenvalue weighted by Crippen LogP contribution is 2.22. The van der Waals surface area contributed by atoms with Crippen LogP contribution >= 0.6 is 11.6 Å². The van der Waals surface area contributed by atoms with Crippen LogP contribution in [0.3, 0.4) is 0 Å². The molecule has 0 saturated carbocycles. The fourth-order valence-corrected chi connectivity index (χ4v) is 3.02. The molecule has 2 aromatic carbocycles. The second-order valence-corrected chi connectivity index (χ2v) is 6.28. The van der Waals surface area contributed by atoms with Crippen molar-refractivity contribution in [2.45, 2.75) is 19.9 Å². The lowest BCUT2D eigenvalue weighted by Crippen LogP contribution is -2.18. The number of nitrogens with one attached hydrogen (secondary N) is 1. The molecule has 0 atom stereocenters. The van der Waals surface area contributed by atoms with Gasteiger partial charge in [-0.2, -0.15) is 0 Å². The number of anilines is 1. The van der Waals surface area contributed by atoms with Crippen LogP contribution in [0.4, 0.5) is 5.69 Å². The molecule has 0 radical (unpaired) electrons. The molecule has 0 saturated heterocycles. The van der Waals surface area contributed by atoms with Crippen LogP contribution in [0.15, 0.2) is 53.1 Å². The Morgan fingerprint density at radius 2 is 2.12 bits per heavy atom. The Morgan fingerprint density at radius 3 is 2.96 bits per heavy atom. The van der Waals surface area contributed by atoms with Crippen LogP contribution in [-0.4, -0.2) is 15.5 Å². The van der Waals surface area contributed by atoms with Crippen LogP contribution in [0.25, 0.3) is 22.0 Å². The molecule has 6 heteroatoms. The van der Waals surface area contributed by atoms with Gasteiger partial charge in [-0.1, -0.05) is 24.6 Å². The van der Waals surface area contributed by atoms with Crippen molar-refractivity contribution < 1.29 is 9.21 Å². The van der Waals surface area contributed by atoms with Crippen LogP contribution < -0.4 is 5.32 Å². The lowest BCUT2D eigenvalue weighted by molar-refractivity contribution is -0.116. The van der Waals surface area contributed by atoms with Gasteiger partial charge in [-0.15, -0.1) is 0 Å². The number of nitrogens with zero attached hydrogens (tertiary/aromatic N) is 2. The molecule has 1 amide bonds. The first kappa shape index (κ1) is 15.7. The van der Waals surface area contributed by atoms with Gasteiger partial charge in [0.1, 0.15) is 12.1 Å². The maximum Gasteiger partial charge on any atom is 0.244 e. The van der Waals surface area contributed by atoms with Crippen molar-refractivity contribution in [2.24, 2.45) is 0 Å². The molecule has 4 aromatic rings. The standard InChI is InChI=1S/C19H16ClN3O2/c1-2-19-22-15-10-14(5-6-17(15)25-19)21-18(24)11-23-8-7-12-3-4-13(20)9-16(12)23/h3-10H,2,11H2,1H3,(H,21,24). The van der Waals surface area contributed by atoms with Gasteiger partial charge in [-0.05, 0) is 41.8 Å². The molecule has 126 valence electrons. The smallest absolute Gasteiger partial charge is 0.244 e. The summed E-state index contributed by atoms with van der Waals surface area (Å²) in [4.78, 5) is 16.8. The molecular weight excluding hydrogens is 338 g/mol. The number of carbonyl (C=O) groups is 1. The Bertz CT molecular complexity index is 1080. The minimum atomic E-state index is -0.115. The molecule has 5 nitrogen and oxygen atoms in total. The Labute approximate surface area is 149 Å². The van der Waals surface area contributed by atoms with Crippen LogP contribution in [0.2, 0.25) is 5.02 Å². The molecular formula is C19H16ClN3O2. The van der Waals surface area contributed by atoms with Crippen LogP contribution in [-0.2, 0) is 17.8 Å². The van der Waals surface area contributed by atoms with Gasteiger partial charge in [0, 0.05) is 28.8 Å². The van der Waals surface area contributed by atoms with Gasteiger partial charge in [0.2, 0.25) is 5.91 Å². The second kappa shape index (κ2) is 6.26. The summed E-state index contributed by atoms with van der Waals surface area (Å²) in [7, 11) is 0. The van der Waals surface area contributed by atoms with Crippen LogP contribution in [0.1, 0.15) is 12.8 Å². The van der Waals surface area contributed by atoms with Gasteiger partial charge in [0.05, 0.1) is 0 Å². The van der Waals surface area contributed by atoms with E-state index in [4.69, 9.17) is 16.0 Å². The second-order valence-electron chi connectivity index (χ2n) is 5.84. The first-order chi connectivity index (χ1) is 12.1. The monoisotopic (exact) mass is 353 g/mol. The average molecular weight is 354 g/mol. The Balaban J connectivity index is 1.54. The van der Waals surface area contributed by atoms with E-state index >= 15 is 0 Å². The number of amides is 1.